The normalized spacial score (nSPS) is 8.86. The minimum Gasteiger partial charge on any atom is -0.339 e. The standard InChI is InChI=1S/2C8H13O2.Zn/c2*1-3-4-5-8(10)6-7(2)9;/h2*2-6H2,1H3;/q2*-1;+2. The topological polar surface area (TPSA) is 68.3 Å². The molecule has 0 aliphatic heterocycles. The molecular formula is C16H26O4Zn. The van der Waals surface area contributed by atoms with Crippen molar-refractivity contribution in [2.45, 2.75) is 65.2 Å². The van der Waals surface area contributed by atoms with Gasteiger partial charge in [-0.15, -0.1) is 0 Å². The number of carbonyl (C=O) groups excluding carboxylic acids is 4. The molecule has 0 unspecified atom stereocenters. The summed E-state index contributed by atoms with van der Waals surface area (Å²) in [6, 6.07) is 0. The van der Waals surface area contributed by atoms with Gasteiger partial charge in [-0.2, -0.15) is 0 Å². The molecule has 0 rings (SSSR count). The van der Waals surface area contributed by atoms with Crippen LogP contribution in [0.15, 0.2) is 0 Å². The van der Waals surface area contributed by atoms with E-state index in [0.717, 1.165) is 25.7 Å². The molecule has 0 fully saturated rings. The number of carbonyl (C=O) groups is 4. The zero-order valence-corrected chi connectivity index (χ0v) is 16.4. The van der Waals surface area contributed by atoms with Gasteiger partial charge in [0.25, 0.3) is 0 Å². The Labute approximate surface area is 141 Å². The maximum atomic E-state index is 10.8. The van der Waals surface area contributed by atoms with Crippen LogP contribution in [0.25, 0.3) is 0 Å². The molecule has 0 bridgehead atoms. The number of Topliss-reactive ketones (excluding diaryl/α,β-unsaturated/α-hetero) is 4. The second kappa shape index (κ2) is 17.1. The zero-order chi connectivity index (χ0) is 16.0. The molecule has 0 aromatic carbocycles. The van der Waals surface area contributed by atoms with E-state index in [2.05, 4.69) is 13.8 Å². The van der Waals surface area contributed by atoms with E-state index in [4.69, 9.17) is 0 Å². The van der Waals surface area contributed by atoms with Crippen LogP contribution >= 0.6 is 0 Å². The Morgan fingerprint density at radius 1 is 0.714 bits per heavy atom. The molecule has 0 heterocycles. The molecule has 0 atom stereocenters. The van der Waals surface area contributed by atoms with E-state index >= 15 is 0 Å². The monoisotopic (exact) mass is 346 g/mol. The smallest absolute Gasteiger partial charge is 0.339 e. The minimum atomic E-state index is -0.277. The van der Waals surface area contributed by atoms with Gasteiger partial charge in [-0.05, 0) is 12.8 Å². The minimum absolute atomic E-state index is 0. The third kappa shape index (κ3) is 24.4. The Morgan fingerprint density at radius 3 is 1.19 bits per heavy atom. The molecule has 0 aromatic rings. The maximum absolute atomic E-state index is 10.8. The Balaban J connectivity index is -0.000000295. The number of hydrogen-bond acceptors (Lipinski definition) is 4. The van der Waals surface area contributed by atoms with Crippen molar-refractivity contribution in [2.75, 3.05) is 0 Å². The van der Waals surface area contributed by atoms with Gasteiger partial charge in [0, 0.05) is 37.2 Å². The quantitative estimate of drug-likeness (QED) is 0.346. The van der Waals surface area contributed by atoms with E-state index in [9.17, 15) is 19.2 Å². The van der Waals surface area contributed by atoms with E-state index in [0.29, 0.717) is 12.8 Å². The van der Waals surface area contributed by atoms with Gasteiger partial charge in [0.05, 0.1) is 0 Å². The van der Waals surface area contributed by atoms with Crippen molar-refractivity contribution in [1.29, 1.82) is 0 Å². The van der Waals surface area contributed by atoms with Crippen molar-refractivity contribution in [3.8, 4) is 0 Å². The first-order valence-corrected chi connectivity index (χ1v) is 7.06. The first-order chi connectivity index (χ1) is 9.33. The second-order valence-electron chi connectivity index (χ2n) is 4.72. The van der Waals surface area contributed by atoms with Crippen LogP contribution in [0.3, 0.4) is 0 Å². The Bertz CT molecular complexity index is 292. The van der Waals surface area contributed by atoms with Crippen molar-refractivity contribution < 1.29 is 38.7 Å². The van der Waals surface area contributed by atoms with Crippen molar-refractivity contribution in [1.82, 2.24) is 0 Å². The number of unbranched alkanes of at least 4 members (excludes halogenated alkanes) is 2. The third-order valence-electron chi connectivity index (χ3n) is 2.41. The fourth-order valence-corrected chi connectivity index (χ4v) is 1.36. The Hall–Kier alpha value is -0.957. The van der Waals surface area contributed by atoms with Crippen LogP contribution in [-0.2, 0) is 38.7 Å². The summed E-state index contributed by atoms with van der Waals surface area (Å²) in [7, 11) is 0. The summed E-state index contributed by atoms with van der Waals surface area (Å²) in [4.78, 5) is 42.1. The molecule has 5 heteroatoms. The summed E-state index contributed by atoms with van der Waals surface area (Å²) in [5, 5.41) is 0. The van der Waals surface area contributed by atoms with E-state index in [1.54, 1.807) is 0 Å². The van der Waals surface area contributed by atoms with Crippen LogP contribution in [0.2, 0.25) is 0 Å². The van der Waals surface area contributed by atoms with Crippen LogP contribution in [0.4, 0.5) is 0 Å². The average Bonchev–Trinajstić information content (AvgIpc) is 2.33. The molecule has 4 nitrogen and oxygen atoms in total. The Morgan fingerprint density at radius 2 is 1.00 bits per heavy atom. The predicted octanol–water partition coefficient (Wildman–Crippen LogP) is 3.08. The summed E-state index contributed by atoms with van der Waals surface area (Å²) in [5.74, 6) is -0.522. The molecule has 0 saturated heterocycles. The van der Waals surface area contributed by atoms with Crippen LogP contribution < -0.4 is 0 Å². The van der Waals surface area contributed by atoms with Gasteiger partial charge in [0.2, 0.25) is 0 Å². The van der Waals surface area contributed by atoms with Crippen LogP contribution in [0, 0.1) is 13.8 Å². The summed E-state index contributed by atoms with van der Waals surface area (Å²) in [6.45, 7) is 10.3. The van der Waals surface area contributed by atoms with Gasteiger partial charge in [-0.25, -0.2) is 0 Å². The summed E-state index contributed by atoms with van der Waals surface area (Å²) in [6.07, 6.45) is 4.84. The molecule has 21 heavy (non-hydrogen) atoms. The van der Waals surface area contributed by atoms with Crippen molar-refractivity contribution >= 4 is 23.1 Å². The number of ketones is 4. The van der Waals surface area contributed by atoms with Crippen molar-refractivity contribution in [3.05, 3.63) is 13.8 Å². The van der Waals surface area contributed by atoms with E-state index in [-0.39, 0.29) is 55.5 Å². The molecule has 0 aliphatic rings. The average molecular weight is 348 g/mol. The molecule has 0 spiro atoms. The summed E-state index contributed by atoms with van der Waals surface area (Å²) >= 11 is 0. The fraction of sp³-hybridized carbons (Fsp3) is 0.625. The van der Waals surface area contributed by atoms with E-state index in [1.807, 2.05) is 13.8 Å². The van der Waals surface area contributed by atoms with Crippen molar-refractivity contribution in [2.24, 2.45) is 0 Å². The van der Waals surface area contributed by atoms with Crippen LogP contribution in [-0.4, -0.2) is 23.1 Å². The van der Waals surface area contributed by atoms with Crippen LogP contribution in [0.5, 0.6) is 0 Å². The molecule has 116 valence electrons. The van der Waals surface area contributed by atoms with E-state index < -0.39 is 0 Å². The zero-order valence-electron chi connectivity index (χ0n) is 13.4. The first-order valence-electron chi connectivity index (χ1n) is 7.06. The molecule has 0 saturated carbocycles. The first kappa shape index (κ1) is 25.0. The molecule has 0 aromatic heterocycles. The van der Waals surface area contributed by atoms with Gasteiger partial charge in [-0.1, -0.05) is 26.7 Å². The van der Waals surface area contributed by atoms with Gasteiger partial charge in [-0.3, -0.25) is 9.59 Å². The van der Waals surface area contributed by atoms with E-state index in [1.165, 1.54) is 0 Å². The fourth-order valence-electron chi connectivity index (χ4n) is 1.36. The van der Waals surface area contributed by atoms with Gasteiger partial charge >= 0.3 is 19.5 Å². The Kier molecular flexibility index (Phi) is 20.4. The van der Waals surface area contributed by atoms with Crippen molar-refractivity contribution in [3.63, 3.8) is 0 Å². The molecule has 0 N–H and O–H groups in total. The molecule has 0 aliphatic carbocycles. The second-order valence-corrected chi connectivity index (χ2v) is 4.72. The third-order valence-corrected chi connectivity index (χ3v) is 2.41. The number of rotatable bonds is 10. The molecular weight excluding hydrogens is 322 g/mol. The molecule has 0 amide bonds. The summed E-state index contributed by atoms with van der Waals surface area (Å²) < 4.78 is 0. The predicted molar refractivity (Wildman–Crippen MR) is 79.0 cm³/mol. The summed E-state index contributed by atoms with van der Waals surface area (Å²) in [5.41, 5.74) is 0. The molecule has 0 radical (unpaired) electrons. The largest absolute Gasteiger partial charge is 2.00 e. The maximum Gasteiger partial charge on any atom is 2.00 e. The van der Waals surface area contributed by atoms with Crippen LogP contribution in [0.1, 0.15) is 65.2 Å². The van der Waals surface area contributed by atoms with Gasteiger partial charge in [0.15, 0.2) is 0 Å². The van der Waals surface area contributed by atoms with Gasteiger partial charge < -0.3 is 23.4 Å². The van der Waals surface area contributed by atoms with Gasteiger partial charge in [0.1, 0.15) is 11.6 Å². The number of hydrogen-bond donors (Lipinski definition) is 0. The SMILES string of the molecule is [CH2-]C(=O)CC(=O)CCCC.[CH2-]C(=O)CC(=O)CCCC.[Zn+2].